The van der Waals surface area contributed by atoms with E-state index in [1.807, 2.05) is 0 Å². The number of rotatable bonds is 5. The van der Waals surface area contributed by atoms with Crippen LogP contribution in [0.25, 0.3) is 0 Å². The van der Waals surface area contributed by atoms with E-state index in [-0.39, 0.29) is 19.0 Å². The number of aromatic nitrogens is 2. The van der Waals surface area contributed by atoms with Gasteiger partial charge in [-0.25, -0.2) is 0 Å². The molecule has 146 valence electrons. The lowest BCUT2D eigenvalue weighted by Crippen LogP contribution is -2.40. The molecule has 3 rings (SSSR count). The molecule has 2 N–H and O–H groups in total. The van der Waals surface area contributed by atoms with Crippen molar-refractivity contribution in [3.63, 3.8) is 0 Å². The Labute approximate surface area is 149 Å². The Hall–Kier alpha value is -2.86. The van der Waals surface area contributed by atoms with Crippen LogP contribution in [0.4, 0.5) is 19.0 Å². The summed E-state index contributed by atoms with van der Waals surface area (Å²) in [7, 11) is 0. The van der Waals surface area contributed by atoms with Crippen molar-refractivity contribution in [2.24, 2.45) is 0 Å². The average Bonchev–Trinajstić information content (AvgIpc) is 2.97. The maximum atomic E-state index is 12.2. The summed E-state index contributed by atoms with van der Waals surface area (Å²) in [6.07, 6.45) is -6.90. The number of aliphatic hydroxyl groups is 2. The van der Waals surface area contributed by atoms with Crippen molar-refractivity contribution in [3.05, 3.63) is 46.1 Å². The van der Waals surface area contributed by atoms with Gasteiger partial charge in [0.25, 0.3) is 0 Å². The molecule has 0 radical (unpaired) electrons. The highest BCUT2D eigenvalue weighted by Gasteiger charge is 2.35. The molecule has 0 amide bonds. The number of hydrogen-bond donors (Lipinski definition) is 2. The fourth-order valence-electron chi connectivity index (χ4n) is 2.68. The number of nitrogens with zero attached hydrogens (tertiary/aromatic N) is 3. The van der Waals surface area contributed by atoms with E-state index < -0.39 is 41.2 Å². The van der Waals surface area contributed by atoms with E-state index in [4.69, 9.17) is 4.74 Å². The molecule has 1 aliphatic rings. The Balaban J connectivity index is 1.66. The van der Waals surface area contributed by atoms with Crippen molar-refractivity contribution in [2.45, 2.75) is 37.6 Å². The third-order valence-electron chi connectivity index (χ3n) is 3.94. The Morgan fingerprint density at radius 2 is 2.07 bits per heavy atom. The molecule has 1 unspecified atom stereocenters. The van der Waals surface area contributed by atoms with Crippen LogP contribution < -0.4 is 9.47 Å². The second-order valence-electron chi connectivity index (χ2n) is 5.88. The highest BCUT2D eigenvalue weighted by atomic mass is 19.4. The van der Waals surface area contributed by atoms with Gasteiger partial charge in [0.2, 0.25) is 0 Å². The number of aliphatic hydroxyl groups excluding tert-OH is 2. The number of ether oxygens (including phenoxy) is 2. The van der Waals surface area contributed by atoms with Crippen LogP contribution in [0.3, 0.4) is 0 Å². The summed E-state index contributed by atoms with van der Waals surface area (Å²) in [4.78, 5) is 13.7. The van der Waals surface area contributed by atoms with Crippen molar-refractivity contribution >= 4 is 5.82 Å². The van der Waals surface area contributed by atoms with Gasteiger partial charge in [-0.2, -0.15) is 0 Å². The van der Waals surface area contributed by atoms with Gasteiger partial charge >= 0.3 is 18.2 Å². The van der Waals surface area contributed by atoms with Gasteiger partial charge in [-0.15, -0.1) is 13.2 Å². The highest BCUT2D eigenvalue weighted by molar-refractivity contribution is 5.29. The molecular formula is C15H14F3N3O6. The Morgan fingerprint density at radius 1 is 1.41 bits per heavy atom. The summed E-state index contributed by atoms with van der Waals surface area (Å²) >= 11 is 0. The number of fused-ring (bicyclic) bond motifs is 1. The van der Waals surface area contributed by atoms with Crippen molar-refractivity contribution in [2.75, 3.05) is 0 Å². The van der Waals surface area contributed by atoms with Gasteiger partial charge in [0, 0.05) is 11.4 Å². The first-order chi connectivity index (χ1) is 12.6. The molecule has 3 atom stereocenters. The molecule has 0 bridgehead atoms. The van der Waals surface area contributed by atoms with Gasteiger partial charge in [0.1, 0.15) is 24.2 Å². The summed E-state index contributed by atoms with van der Waals surface area (Å²) < 4.78 is 46.9. The van der Waals surface area contributed by atoms with E-state index in [2.05, 4.69) is 9.72 Å². The summed E-state index contributed by atoms with van der Waals surface area (Å²) in [6.45, 7) is -0.00802. The van der Waals surface area contributed by atoms with Gasteiger partial charge in [0.05, 0.1) is 12.6 Å². The standard InChI is InChI=1S/C15H14F3N3O6/c16-15(17,18)27-9-3-1-8(2-4-9)10(22)5-12-11(23)6-20-7-13(21(24)25)19-14(20)26-12/h1-4,7,10-12,22-23H,5-6H2/t10?,11-,12-/m0/s1. The zero-order chi connectivity index (χ0) is 19.8. The number of alkyl halides is 3. The van der Waals surface area contributed by atoms with Crippen LogP contribution in [0.2, 0.25) is 0 Å². The summed E-state index contributed by atoms with van der Waals surface area (Å²) in [5, 5.41) is 31.1. The van der Waals surface area contributed by atoms with Crippen molar-refractivity contribution in [3.8, 4) is 11.8 Å². The van der Waals surface area contributed by atoms with E-state index in [1.165, 1.54) is 16.7 Å². The minimum atomic E-state index is -4.81. The lowest BCUT2D eigenvalue weighted by Gasteiger charge is -2.28. The van der Waals surface area contributed by atoms with Crippen LogP contribution in [-0.4, -0.2) is 43.3 Å². The minimum absolute atomic E-state index is 0.00802. The smallest absolute Gasteiger partial charge is 0.440 e. The monoisotopic (exact) mass is 389 g/mol. The first-order valence-electron chi connectivity index (χ1n) is 7.72. The van der Waals surface area contributed by atoms with E-state index in [0.29, 0.717) is 5.56 Å². The Morgan fingerprint density at radius 3 is 2.67 bits per heavy atom. The zero-order valence-corrected chi connectivity index (χ0v) is 13.5. The highest BCUT2D eigenvalue weighted by Crippen LogP contribution is 2.30. The Kier molecular flexibility index (Phi) is 4.93. The zero-order valence-electron chi connectivity index (χ0n) is 13.5. The largest absolute Gasteiger partial charge is 0.573 e. The van der Waals surface area contributed by atoms with Crippen LogP contribution >= 0.6 is 0 Å². The summed E-state index contributed by atoms with van der Waals surface area (Å²) in [5.41, 5.74) is 0.292. The molecule has 0 fully saturated rings. The molecule has 0 aliphatic carbocycles. The number of halogens is 3. The molecule has 0 saturated heterocycles. The van der Waals surface area contributed by atoms with Crippen LogP contribution in [0.15, 0.2) is 30.5 Å². The third-order valence-corrected chi connectivity index (χ3v) is 3.94. The predicted octanol–water partition coefficient (Wildman–Crippen LogP) is 1.94. The fraction of sp³-hybridized carbons (Fsp3) is 0.400. The number of benzene rings is 1. The number of hydrogen-bond acceptors (Lipinski definition) is 7. The number of nitro groups is 1. The van der Waals surface area contributed by atoms with Crippen LogP contribution in [0.1, 0.15) is 18.1 Å². The van der Waals surface area contributed by atoms with Gasteiger partial charge in [0.15, 0.2) is 0 Å². The maximum Gasteiger partial charge on any atom is 0.573 e. The molecule has 1 aromatic carbocycles. The predicted molar refractivity (Wildman–Crippen MR) is 82.0 cm³/mol. The van der Waals surface area contributed by atoms with Crippen molar-refractivity contribution in [1.82, 2.24) is 9.55 Å². The molecule has 2 aromatic rings. The van der Waals surface area contributed by atoms with E-state index in [0.717, 1.165) is 18.3 Å². The molecule has 12 heteroatoms. The molecule has 1 aliphatic heterocycles. The maximum absolute atomic E-state index is 12.2. The Bertz CT molecular complexity index is 823. The van der Waals surface area contributed by atoms with Gasteiger partial charge in [-0.1, -0.05) is 12.1 Å². The first-order valence-corrected chi connectivity index (χ1v) is 7.72. The van der Waals surface area contributed by atoms with E-state index >= 15 is 0 Å². The second-order valence-corrected chi connectivity index (χ2v) is 5.88. The lowest BCUT2D eigenvalue weighted by atomic mass is 9.99. The molecular weight excluding hydrogens is 375 g/mol. The fourth-order valence-corrected chi connectivity index (χ4v) is 2.68. The van der Waals surface area contributed by atoms with Crippen LogP contribution in [0.5, 0.6) is 11.8 Å². The quantitative estimate of drug-likeness (QED) is 0.592. The van der Waals surface area contributed by atoms with Gasteiger partial charge in [-0.05, 0) is 22.6 Å². The van der Waals surface area contributed by atoms with E-state index in [1.54, 1.807) is 0 Å². The van der Waals surface area contributed by atoms with Gasteiger partial charge < -0.3 is 29.8 Å². The topological polar surface area (TPSA) is 120 Å². The molecule has 1 aromatic heterocycles. The molecule has 0 saturated carbocycles. The molecule has 9 nitrogen and oxygen atoms in total. The molecule has 0 spiro atoms. The normalized spacial score (nSPS) is 20.5. The van der Waals surface area contributed by atoms with Gasteiger partial charge in [-0.3, -0.25) is 4.57 Å². The molecule has 27 heavy (non-hydrogen) atoms. The van der Waals surface area contributed by atoms with Crippen molar-refractivity contribution in [1.29, 1.82) is 0 Å². The third kappa shape index (κ3) is 4.46. The minimum Gasteiger partial charge on any atom is -0.440 e. The number of imidazole rings is 1. The second kappa shape index (κ2) is 7.04. The van der Waals surface area contributed by atoms with E-state index in [9.17, 15) is 33.5 Å². The average molecular weight is 389 g/mol. The molecule has 2 heterocycles. The summed E-state index contributed by atoms with van der Waals surface area (Å²) in [6, 6.07) is 4.57. The SMILES string of the molecule is O=[N+]([O-])c1cn2c(n1)O[C@@H](CC(O)c1ccc(OC(F)(F)F)cc1)[C@@H](O)C2. The van der Waals surface area contributed by atoms with Crippen LogP contribution in [-0.2, 0) is 6.54 Å². The van der Waals surface area contributed by atoms with Crippen molar-refractivity contribution < 1.29 is 37.8 Å². The summed E-state index contributed by atoms with van der Waals surface area (Å²) in [5.74, 6) is -0.861. The first kappa shape index (κ1) is 18.9. The lowest BCUT2D eigenvalue weighted by molar-refractivity contribution is -0.389. The van der Waals surface area contributed by atoms with Crippen LogP contribution in [0, 0.1) is 10.1 Å².